The minimum Gasteiger partial charge on any atom is -0.497 e. The lowest BCUT2D eigenvalue weighted by Gasteiger charge is -2.36. The maximum atomic E-state index is 12.7. The van der Waals surface area contributed by atoms with Gasteiger partial charge in [-0.3, -0.25) is 14.4 Å². The molecule has 1 aromatic carbocycles. The molecule has 1 saturated heterocycles. The van der Waals surface area contributed by atoms with Crippen LogP contribution in [0.2, 0.25) is 0 Å². The summed E-state index contributed by atoms with van der Waals surface area (Å²) in [5.41, 5.74) is 0.213. The Morgan fingerprint density at radius 2 is 1.86 bits per heavy atom. The highest BCUT2D eigenvalue weighted by Crippen LogP contribution is 2.24. The largest absolute Gasteiger partial charge is 0.497 e. The molecule has 0 atom stereocenters. The number of hydrogen-bond donors (Lipinski definition) is 1. The van der Waals surface area contributed by atoms with Gasteiger partial charge in [-0.15, -0.1) is 0 Å². The van der Waals surface area contributed by atoms with E-state index in [0.29, 0.717) is 37.4 Å². The number of carbonyl (C=O) groups excluding carboxylic acids is 3. The highest BCUT2D eigenvalue weighted by molar-refractivity contribution is 5.95. The molecule has 0 unspecified atom stereocenters. The summed E-state index contributed by atoms with van der Waals surface area (Å²) in [5, 5.41) is 2.78. The molecule has 28 heavy (non-hydrogen) atoms. The first-order valence-electron chi connectivity index (χ1n) is 9.60. The molecular formula is C21H31N3O4. The van der Waals surface area contributed by atoms with E-state index < -0.39 is 5.41 Å². The molecule has 1 aliphatic rings. The van der Waals surface area contributed by atoms with Gasteiger partial charge in [0.25, 0.3) is 0 Å². The van der Waals surface area contributed by atoms with E-state index >= 15 is 0 Å². The van der Waals surface area contributed by atoms with Crippen molar-refractivity contribution in [3.05, 3.63) is 24.3 Å². The molecule has 0 radical (unpaired) electrons. The third-order valence-electron chi connectivity index (χ3n) is 4.88. The standard InChI is InChI=1S/C21H31N3O4/c1-21(2,3)20(27)24-11-9-15(10-12-24)19(26)23(4)14-18(25)22-16-7-6-8-17(13-16)28-5/h6-8,13,15H,9-12,14H2,1-5H3,(H,22,25). The van der Waals surface area contributed by atoms with Crippen molar-refractivity contribution < 1.29 is 19.1 Å². The van der Waals surface area contributed by atoms with E-state index in [1.807, 2.05) is 25.7 Å². The van der Waals surface area contributed by atoms with Gasteiger partial charge in [0.05, 0.1) is 13.7 Å². The summed E-state index contributed by atoms with van der Waals surface area (Å²) in [6.07, 6.45) is 1.25. The first kappa shape index (κ1) is 21.7. The van der Waals surface area contributed by atoms with Crippen LogP contribution in [0.4, 0.5) is 5.69 Å². The average Bonchev–Trinajstić information content (AvgIpc) is 2.66. The van der Waals surface area contributed by atoms with Crippen molar-refractivity contribution in [1.82, 2.24) is 9.80 Å². The van der Waals surface area contributed by atoms with Crippen molar-refractivity contribution in [2.24, 2.45) is 11.3 Å². The van der Waals surface area contributed by atoms with Gasteiger partial charge in [-0.2, -0.15) is 0 Å². The number of likely N-dealkylation sites (tertiary alicyclic amines) is 1. The highest BCUT2D eigenvalue weighted by Gasteiger charge is 2.33. The number of anilines is 1. The number of benzene rings is 1. The van der Waals surface area contributed by atoms with Gasteiger partial charge < -0.3 is 19.9 Å². The molecule has 154 valence electrons. The number of ether oxygens (including phenoxy) is 1. The van der Waals surface area contributed by atoms with E-state index in [2.05, 4.69) is 5.32 Å². The normalized spacial score (nSPS) is 15.1. The number of nitrogens with zero attached hydrogens (tertiary/aromatic N) is 2. The highest BCUT2D eigenvalue weighted by atomic mass is 16.5. The van der Waals surface area contributed by atoms with E-state index in [9.17, 15) is 14.4 Å². The number of nitrogens with one attached hydrogen (secondary N) is 1. The molecule has 1 fully saturated rings. The molecule has 1 aliphatic heterocycles. The van der Waals surface area contributed by atoms with Crippen LogP contribution in [0.3, 0.4) is 0 Å². The van der Waals surface area contributed by atoms with Crippen LogP contribution >= 0.6 is 0 Å². The van der Waals surface area contributed by atoms with E-state index in [-0.39, 0.29) is 30.2 Å². The number of amides is 3. The first-order valence-corrected chi connectivity index (χ1v) is 9.60. The van der Waals surface area contributed by atoms with Gasteiger partial charge in [-0.1, -0.05) is 26.8 Å². The number of carbonyl (C=O) groups is 3. The Morgan fingerprint density at radius 1 is 1.21 bits per heavy atom. The van der Waals surface area contributed by atoms with Crippen LogP contribution in [0.25, 0.3) is 0 Å². The molecule has 7 heteroatoms. The molecule has 0 bridgehead atoms. The van der Waals surface area contributed by atoms with Crippen LogP contribution in [-0.2, 0) is 14.4 Å². The summed E-state index contributed by atoms with van der Waals surface area (Å²) >= 11 is 0. The first-order chi connectivity index (χ1) is 13.1. The summed E-state index contributed by atoms with van der Waals surface area (Å²) in [7, 11) is 3.20. The zero-order valence-electron chi connectivity index (χ0n) is 17.4. The number of piperidine rings is 1. The Balaban J connectivity index is 1.84. The maximum Gasteiger partial charge on any atom is 0.243 e. The van der Waals surface area contributed by atoms with Crippen LogP contribution in [0.5, 0.6) is 5.75 Å². The van der Waals surface area contributed by atoms with Crippen LogP contribution < -0.4 is 10.1 Å². The van der Waals surface area contributed by atoms with Crippen molar-refractivity contribution in [2.45, 2.75) is 33.6 Å². The van der Waals surface area contributed by atoms with Gasteiger partial charge in [0.15, 0.2) is 0 Å². The molecule has 1 heterocycles. The number of hydrogen-bond acceptors (Lipinski definition) is 4. The number of rotatable bonds is 5. The second kappa shape index (κ2) is 9.08. The summed E-state index contributed by atoms with van der Waals surface area (Å²) in [5.74, 6) is 0.301. The minimum atomic E-state index is -0.411. The van der Waals surface area contributed by atoms with Gasteiger partial charge in [-0.05, 0) is 25.0 Å². The molecule has 0 aliphatic carbocycles. The van der Waals surface area contributed by atoms with E-state index in [1.165, 1.54) is 4.90 Å². The second-order valence-electron chi connectivity index (χ2n) is 8.29. The van der Waals surface area contributed by atoms with Gasteiger partial charge >= 0.3 is 0 Å². The predicted molar refractivity (Wildman–Crippen MR) is 108 cm³/mol. The Morgan fingerprint density at radius 3 is 2.43 bits per heavy atom. The Bertz CT molecular complexity index is 719. The molecule has 1 aromatic rings. The fourth-order valence-electron chi connectivity index (χ4n) is 3.31. The maximum absolute atomic E-state index is 12.7. The SMILES string of the molecule is COc1cccc(NC(=O)CN(C)C(=O)C2CCN(C(=O)C(C)(C)C)CC2)c1. The Kier molecular flexibility index (Phi) is 7.05. The van der Waals surface area contributed by atoms with Gasteiger partial charge in [0.2, 0.25) is 17.7 Å². The van der Waals surface area contributed by atoms with Crippen molar-refractivity contribution >= 4 is 23.4 Å². The third-order valence-corrected chi connectivity index (χ3v) is 4.88. The zero-order chi connectivity index (χ0) is 20.9. The molecule has 7 nitrogen and oxygen atoms in total. The fraction of sp³-hybridized carbons (Fsp3) is 0.571. The van der Waals surface area contributed by atoms with E-state index in [1.54, 1.807) is 38.4 Å². The minimum absolute atomic E-state index is 0.0167. The summed E-state index contributed by atoms with van der Waals surface area (Å²) in [4.78, 5) is 40.6. The molecule has 1 N–H and O–H groups in total. The number of methoxy groups -OCH3 is 1. The molecule has 0 aromatic heterocycles. The van der Waals surface area contributed by atoms with Gasteiger partial charge in [0, 0.05) is 43.2 Å². The monoisotopic (exact) mass is 389 g/mol. The quantitative estimate of drug-likeness (QED) is 0.839. The van der Waals surface area contributed by atoms with Crippen LogP contribution in [0.1, 0.15) is 33.6 Å². The van der Waals surface area contributed by atoms with Crippen molar-refractivity contribution in [1.29, 1.82) is 0 Å². The lowest BCUT2D eigenvalue weighted by molar-refractivity contribution is -0.144. The number of likely N-dealkylation sites (N-methyl/N-ethyl adjacent to an activating group) is 1. The summed E-state index contributed by atoms with van der Waals surface area (Å²) in [6.45, 7) is 6.85. The molecule has 3 amide bonds. The van der Waals surface area contributed by atoms with Crippen LogP contribution in [-0.4, -0.2) is 61.3 Å². The average molecular weight is 389 g/mol. The fourth-order valence-corrected chi connectivity index (χ4v) is 3.31. The lowest BCUT2D eigenvalue weighted by Crippen LogP contribution is -2.47. The molecule has 0 spiro atoms. The van der Waals surface area contributed by atoms with Gasteiger partial charge in [0.1, 0.15) is 5.75 Å². The van der Waals surface area contributed by atoms with Crippen molar-refractivity contribution in [3.8, 4) is 5.75 Å². The van der Waals surface area contributed by atoms with Crippen molar-refractivity contribution in [2.75, 3.05) is 39.1 Å². The van der Waals surface area contributed by atoms with Crippen LogP contribution in [0.15, 0.2) is 24.3 Å². The molecular weight excluding hydrogens is 358 g/mol. The predicted octanol–water partition coefficient (Wildman–Crippen LogP) is 2.38. The molecule has 2 rings (SSSR count). The summed E-state index contributed by atoms with van der Waals surface area (Å²) in [6, 6.07) is 7.07. The topological polar surface area (TPSA) is 79.0 Å². The summed E-state index contributed by atoms with van der Waals surface area (Å²) < 4.78 is 5.14. The van der Waals surface area contributed by atoms with Gasteiger partial charge in [-0.25, -0.2) is 0 Å². The smallest absolute Gasteiger partial charge is 0.243 e. The second-order valence-corrected chi connectivity index (χ2v) is 8.29. The zero-order valence-corrected chi connectivity index (χ0v) is 17.4. The van der Waals surface area contributed by atoms with E-state index in [0.717, 1.165) is 0 Å². The van der Waals surface area contributed by atoms with Crippen molar-refractivity contribution in [3.63, 3.8) is 0 Å². The lowest BCUT2D eigenvalue weighted by atomic mass is 9.90. The van der Waals surface area contributed by atoms with Crippen LogP contribution in [0, 0.1) is 11.3 Å². The Hall–Kier alpha value is -2.57. The Labute approximate surface area is 167 Å². The molecule has 0 saturated carbocycles. The van der Waals surface area contributed by atoms with E-state index in [4.69, 9.17) is 4.74 Å². The third kappa shape index (κ3) is 5.71.